The van der Waals surface area contributed by atoms with Gasteiger partial charge in [-0.15, -0.1) is 0 Å². The molecule has 0 spiro atoms. The minimum absolute atomic E-state index is 0.278. The molecule has 0 aromatic carbocycles. The van der Waals surface area contributed by atoms with Crippen LogP contribution in [-0.2, 0) is 4.74 Å². The lowest BCUT2D eigenvalue weighted by molar-refractivity contribution is -0.0604. The maximum Gasteiger partial charge on any atom is 0.0771 e. The highest BCUT2D eigenvalue weighted by Crippen LogP contribution is 2.32. The first-order chi connectivity index (χ1) is 7.15. The van der Waals surface area contributed by atoms with Crippen LogP contribution in [0.4, 0.5) is 0 Å². The first-order valence-electron chi connectivity index (χ1n) is 6.44. The van der Waals surface area contributed by atoms with E-state index >= 15 is 0 Å². The van der Waals surface area contributed by atoms with Gasteiger partial charge in [-0.25, -0.2) is 0 Å². The smallest absolute Gasteiger partial charge is 0.0771 e. The van der Waals surface area contributed by atoms with Crippen LogP contribution in [0.2, 0.25) is 0 Å². The maximum atomic E-state index is 9.49. The molecule has 2 nitrogen and oxygen atoms in total. The third kappa shape index (κ3) is 4.12. The first kappa shape index (κ1) is 13.0. The summed E-state index contributed by atoms with van der Waals surface area (Å²) in [5.74, 6) is 1.40. The molecule has 3 atom stereocenters. The van der Waals surface area contributed by atoms with Crippen molar-refractivity contribution in [1.29, 1.82) is 0 Å². The molecule has 0 bridgehead atoms. The number of hydrogen-bond acceptors (Lipinski definition) is 2. The summed E-state index contributed by atoms with van der Waals surface area (Å²) in [4.78, 5) is 0. The minimum Gasteiger partial charge on any atom is -0.391 e. The Labute approximate surface area is 94.0 Å². The molecule has 1 fully saturated rings. The molecule has 90 valence electrons. The van der Waals surface area contributed by atoms with E-state index in [4.69, 9.17) is 4.74 Å². The molecule has 1 aliphatic carbocycles. The van der Waals surface area contributed by atoms with Gasteiger partial charge in [0.05, 0.1) is 18.8 Å². The van der Waals surface area contributed by atoms with Gasteiger partial charge in [-0.2, -0.15) is 0 Å². The lowest BCUT2D eigenvalue weighted by Gasteiger charge is -2.34. The average Bonchev–Trinajstić information content (AvgIpc) is 2.26. The first-order valence-corrected chi connectivity index (χ1v) is 6.44. The van der Waals surface area contributed by atoms with Gasteiger partial charge in [0, 0.05) is 0 Å². The van der Waals surface area contributed by atoms with Crippen LogP contribution in [0.5, 0.6) is 0 Å². The highest BCUT2D eigenvalue weighted by Gasteiger charge is 2.28. The second-order valence-corrected chi connectivity index (χ2v) is 5.13. The van der Waals surface area contributed by atoms with E-state index in [9.17, 15) is 5.11 Å². The van der Waals surface area contributed by atoms with Crippen molar-refractivity contribution in [3.63, 3.8) is 0 Å². The highest BCUT2D eigenvalue weighted by molar-refractivity contribution is 4.78. The van der Waals surface area contributed by atoms with Gasteiger partial charge in [-0.05, 0) is 31.1 Å². The zero-order valence-electron chi connectivity index (χ0n) is 10.4. The van der Waals surface area contributed by atoms with Gasteiger partial charge in [0.1, 0.15) is 0 Å². The molecule has 3 unspecified atom stereocenters. The van der Waals surface area contributed by atoms with Crippen molar-refractivity contribution < 1.29 is 9.84 Å². The molecule has 0 saturated heterocycles. The quantitative estimate of drug-likeness (QED) is 0.762. The van der Waals surface area contributed by atoms with Crippen molar-refractivity contribution in [1.82, 2.24) is 0 Å². The lowest BCUT2D eigenvalue weighted by atomic mass is 9.79. The average molecular weight is 214 g/mol. The largest absolute Gasteiger partial charge is 0.391 e. The molecule has 0 radical (unpaired) electrons. The Kier molecular flexibility index (Phi) is 5.62. The number of hydrogen-bond donors (Lipinski definition) is 1. The Morgan fingerprint density at radius 2 is 1.93 bits per heavy atom. The van der Waals surface area contributed by atoms with Crippen LogP contribution >= 0.6 is 0 Å². The fourth-order valence-electron chi connectivity index (χ4n) is 2.45. The SMILES string of the molecule is CCC(O)COC1CCCCC1C(C)C. The van der Waals surface area contributed by atoms with Crippen molar-refractivity contribution in [3.8, 4) is 0 Å². The predicted octanol–water partition coefficient (Wildman–Crippen LogP) is 2.99. The number of ether oxygens (including phenoxy) is 1. The predicted molar refractivity (Wildman–Crippen MR) is 62.8 cm³/mol. The molecule has 1 N–H and O–H groups in total. The van der Waals surface area contributed by atoms with Crippen molar-refractivity contribution >= 4 is 0 Å². The molecule has 1 aliphatic rings. The van der Waals surface area contributed by atoms with Crippen molar-refractivity contribution in [2.75, 3.05) is 6.61 Å². The van der Waals surface area contributed by atoms with Gasteiger partial charge in [0.15, 0.2) is 0 Å². The third-order valence-electron chi connectivity index (χ3n) is 3.58. The van der Waals surface area contributed by atoms with Crippen LogP contribution in [0, 0.1) is 11.8 Å². The van der Waals surface area contributed by atoms with Crippen LogP contribution in [0.25, 0.3) is 0 Å². The number of aliphatic hydroxyl groups excluding tert-OH is 1. The standard InChI is InChI=1S/C13H26O2/c1-4-11(14)9-15-13-8-6-5-7-12(13)10(2)3/h10-14H,4-9H2,1-3H3. The second-order valence-electron chi connectivity index (χ2n) is 5.13. The molecule has 0 aromatic heterocycles. The van der Waals surface area contributed by atoms with Gasteiger partial charge in [-0.3, -0.25) is 0 Å². The molecule has 15 heavy (non-hydrogen) atoms. The third-order valence-corrected chi connectivity index (χ3v) is 3.58. The summed E-state index contributed by atoms with van der Waals surface area (Å²) in [6.45, 7) is 7.07. The molecular formula is C13H26O2. The van der Waals surface area contributed by atoms with Gasteiger partial charge < -0.3 is 9.84 Å². The zero-order valence-corrected chi connectivity index (χ0v) is 10.4. The van der Waals surface area contributed by atoms with E-state index < -0.39 is 0 Å². The Morgan fingerprint density at radius 1 is 1.27 bits per heavy atom. The van der Waals surface area contributed by atoms with E-state index in [1.54, 1.807) is 0 Å². The van der Waals surface area contributed by atoms with Crippen LogP contribution in [0.1, 0.15) is 52.9 Å². The summed E-state index contributed by atoms with van der Waals surface area (Å²) in [6.07, 6.45) is 6.01. The summed E-state index contributed by atoms with van der Waals surface area (Å²) < 4.78 is 5.86. The molecule has 0 heterocycles. The van der Waals surface area contributed by atoms with Crippen LogP contribution < -0.4 is 0 Å². The summed E-state index contributed by atoms with van der Waals surface area (Å²) in [6, 6.07) is 0. The van der Waals surface area contributed by atoms with E-state index in [0.29, 0.717) is 24.5 Å². The Morgan fingerprint density at radius 3 is 2.53 bits per heavy atom. The van der Waals surface area contributed by atoms with Gasteiger partial charge in [0.25, 0.3) is 0 Å². The molecular weight excluding hydrogens is 188 g/mol. The van der Waals surface area contributed by atoms with E-state index in [0.717, 1.165) is 6.42 Å². The van der Waals surface area contributed by atoms with Crippen LogP contribution in [-0.4, -0.2) is 23.9 Å². The Balaban J connectivity index is 2.36. The van der Waals surface area contributed by atoms with Crippen molar-refractivity contribution in [2.45, 2.75) is 65.1 Å². The maximum absolute atomic E-state index is 9.49. The topological polar surface area (TPSA) is 29.5 Å². The van der Waals surface area contributed by atoms with E-state index in [1.807, 2.05) is 6.92 Å². The van der Waals surface area contributed by atoms with Crippen LogP contribution in [0.15, 0.2) is 0 Å². The zero-order chi connectivity index (χ0) is 11.3. The fourth-order valence-corrected chi connectivity index (χ4v) is 2.45. The summed E-state index contributed by atoms with van der Waals surface area (Å²) in [5, 5.41) is 9.49. The minimum atomic E-state index is -0.278. The molecule has 2 heteroatoms. The van der Waals surface area contributed by atoms with Crippen molar-refractivity contribution in [3.05, 3.63) is 0 Å². The lowest BCUT2D eigenvalue weighted by Crippen LogP contribution is -2.33. The Bertz CT molecular complexity index is 168. The normalized spacial score (nSPS) is 29.4. The van der Waals surface area contributed by atoms with Crippen molar-refractivity contribution in [2.24, 2.45) is 11.8 Å². The van der Waals surface area contributed by atoms with E-state index in [-0.39, 0.29) is 6.10 Å². The molecule has 1 rings (SSSR count). The molecule has 0 aromatic rings. The van der Waals surface area contributed by atoms with Gasteiger partial charge >= 0.3 is 0 Å². The molecule has 0 amide bonds. The van der Waals surface area contributed by atoms with E-state index in [2.05, 4.69) is 13.8 Å². The second kappa shape index (κ2) is 6.49. The molecule has 1 saturated carbocycles. The molecule has 0 aliphatic heterocycles. The summed E-state index contributed by atoms with van der Waals surface area (Å²) in [5.41, 5.74) is 0. The van der Waals surface area contributed by atoms with Gasteiger partial charge in [0.2, 0.25) is 0 Å². The summed E-state index contributed by atoms with van der Waals surface area (Å²) in [7, 11) is 0. The monoisotopic (exact) mass is 214 g/mol. The Hall–Kier alpha value is -0.0800. The highest BCUT2D eigenvalue weighted by atomic mass is 16.5. The summed E-state index contributed by atoms with van der Waals surface area (Å²) >= 11 is 0. The van der Waals surface area contributed by atoms with Gasteiger partial charge in [-0.1, -0.05) is 33.6 Å². The number of aliphatic hydroxyl groups is 1. The number of rotatable bonds is 5. The van der Waals surface area contributed by atoms with Crippen LogP contribution in [0.3, 0.4) is 0 Å². The van der Waals surface area contributed by atoms with E-state index in [1.165, 1.54) is 25.7 Å². The fraction of sp³-hybridized carbons (Fsp3) is 1.00.